The first-order valence-corrected chi connectivity index (χ1v) is 7.60. The molecule has 0 bridgehead atoms. The SMILES string of the molecule is O=C(Nc1nc2ccccc2cc1CO)c1c(Cl)cccc1Cl. The second-order valence-corrected chi connectivity index (χ2v) is 5.71. The molecule has 1 aromatic heterocycles. The number of halogens is 2. The van der Waals surface area contributed by atoms with E-state index >= 15 is 0 Å². The normalized spacial score (nSPS) is 10.7. The first-order valence-electron chi connectivity index (χ1n) is 6.85. The van der Waals surface area contributed by atoms with E-state index in [4.69, 9.17) is 23.2 Å². The third-order valence-electron chi connectivity index (χ3n) is 3.40. The van der Waals surface area contributed by atoms with Gasteiger partial charge in [0.15, 0.2) is 0 Å². The number of aromatic nitrogens is 1. The summed E-state index contributed by atoms with van der Waals surface area (Å²) in [5, 5.41) is 13.6. The fourth-order valence-corrected chi connectivity index (χ4v) is 2.84. The van der Waals surface area contributed by atoms with Gasteiger partial charge in [-0.15, -0.1) is 0 Å². The van der Waals surface area contributed by atoms with E-state index in [9.17, 15) is 9.90 Å². The van der Waals surface area contributed by atoms with Gasteiger partial charge in [-0.1, -0.05) is 47.5 Å². The molecule has 2 N–H and O–H groups in total. The largest absolute Gasteiger partial charge is 0.392 e. The van der Waals surface area contributed by atoms with E-state index in [1.807, 2.05) is 24.3 Å². The Morgan fingerprint density at radius 1 is 1.09 bits per heavy atom. The molecule has 0 radical (unpaired) electrons. The first kappa shape index (κ1) is 15.7. The number of nitrogens with zero attached hydrogens (tertiary/aromatic N) is 1. The van der Waals surface area contributed by atoms with Crippen LogP contribution in [0.15, 0.2) is 48.5 Å². The molecule has 116 valence electrons. The molecule has 3 aromatic rings. The van der Waals surface area contributed by atoms with Crippen LogP contribution in [0, 0.1) is 0 Å². The van der Waals surface area contributed by atoms with Gasteiger partial charge < -0.3 is 10.4 Å². The minimum atomic E-state index is -0.474. The fraction of sp³-hybridized carbons (Fsp3) is 0.0588. The number of carbonyl (C=O) groups is 1. The average Bonchev–Trinajstić information content (AvgIpc) is 2.54. The number of carbonyl (C=O) groups excluding carboxylic acids is 1. The maximum atomic E-state index is 12.5. The van der Waals surface area contributed by atoms with E-state index < -0.39 is 5.91 Å². The second-order valence-electron chi connectivity index (χ2n) is 4.90. The van der Waals surface area contributed by atoms with E-state index in [0.717, 1.165) is 5.39 Å². The third-order valence-corrected chi connectivity index (χ3v) is 4.02. The Labute approximate surface area is 142 Å². The van der Waals surface area contributed by atoms with Gasteiger partial charge in [-0.3, -0.25) is 4.79 Å². The lowest BCUT2D eigenvalue weighted by atomic mass is 10.1. The summed E-state index contributed by atoms with van der Waals surface area (Å²) < 4.78 is 0. The van der Waals surface area contributed by atoms with Crippen molar-refractivity contribution in [3.05, 3.63) is 69.7 Å². The monoisotopic (exact) mass is 346 g/mol. The molecule has 0 aliphatic carbocycles. The molecule has 0 aliphatic rings. The van der Waals surface area contributed by atoms with Gasteiger partial charge in [0.25, 0.3) is 5.91 Å². The molecule has 0 saturated heterocycles. The number of nitrogens with one attached hydrogen (secondary N) is 1. The summed E-state index contributed by atoms with van der Waals surface area (Å²) >= 11 is 12.1. The van der Waals surface area contributed by atoms with Crippen LogP contribution in [0.1, 0.15) is 15.9 Å². The standard InChI is InChI=1S/C17H12Cl2N2O2/c18-12-5-3-6-13(19)15(12)17(23)21-16-11(9-22)8-10-4-1-2-7-14(10)20-16/h1-8,22H,9H2,(H,20,21,23). The molecule has 2 aromatic carbocycles. The van der Waals surface area contributed by atoms with Crippen LogP contribution in [-0.4, -0.2) is 16.0 Å². The molecule has 0 atom stereocenters. The lowest BCUT2D eigenvalue weighted by Gasteiger charge is -2.12. The number of fused-ring (bicyclic) bond motifs is 1. The molecular weight excluding hydrogens is 335 g/mol. The number of hydrogen-bond donors (Lipinski definition) is 2. The van der Waals surface area contributed by atoms with Crippen LogP contribution < -0.4 is 5.32 Å². The second kappa shape index (κ2) is 6.54. The van der Waals surface area contributed by atoms with Gasteiger partial charge in [-0.25, -0.2) is 4.98 Å². The number of amides is 1. The van der Waals surface area contributed by atoms with Crippen LogP contribution in [0.25, 0.3) is 10.9 Å². The van der Waals surface area contributed by atoms with Gasteiger partial charge >= 0.3 is 0 Å². The Bertz CT molecular complexity index is 877. The predicted octanol–water partition coefficient (Wildman–Crippen LogP) is 4.29. The molecule has 0 unspecified atom stereocenters. The molecule has 23 heavy (non-hydrogen) atoms. The third kappa shape index (κ3) is 3.15. The van der Waals surface area contributed by atoms with Gasteiger partial charge in [0.1, 0.15) is 5.82 Å². The number of benzene rings is 2. The zero-order valence-corrected chi connectivity index (χ0v) is 13.4. The highest BCUT2D eigenvalue weighted by Gasteiger charge is 2.17. The number of para-hydroxylation sites is 1. The molecule has 1 heterocycles. The van der Waals surface area contributed by atoms with Gasteiger partial charge in [0.2, 0.25) is 0 Å². The van der Waals surface area contributed by atoms with Crippen molar-refractivity contribution in [2.24, 2.45) is 0 Å². The average molecular weight is 347 g/mol. The topological polar surface area (TPSA) is 62.2 Å². The Hall–Kier alpha value is -2.14. The van der Waals surface area contributed by atoms with Crippen molar-refractivity contribution in [2.45, 2.75) is 6.61 Å². The summed E-state index contributed by atoms with van der Waals surface area (Å²) in [6.07, 6.45) is 0. The van der Waals surface area contributed by atoms with Crippen molar-refractivity contribution in [1.82, 2.24) is 4.98 Å². The molecule has 0 aliphatic heterocycles. The number of aliphatic hydroxyl groups is 1. The lowest BCUT2D eigenvalue weighted by Crippen LogP contribution is -2.15. The fourth-order valence-electron chi connectivity index (χ4n) is 2.27. The zero-order valence-electron chi connectivity index (χ0n) is 11.9. The molecular formula is C17H12Cl2N2O2. The maximum Gasteiger partial charge on any atom is 0.259 e. The van der Waals surface area contributed by atoms with Crippen molar-refractivity contribution in [3.63, 3.8) is 0 Å². The molecule has 6 heteroatoms. The molecule has 4 nitrogen and oxygen atoms in total. The molecule has 0 fully saturated rings. The van der Waals surface area contributed by atoms with Crippen molar-refractivity contribution in [3.8, 4) is 0 Å². The zero-order chi connectivity index (χ0) is 16.4. The van der Waals surface area contributed by atoms with E-state index in [-0.39, 0.29) is 28.0 Å². The summed E-state index contributed by atoms with van der Waals surface area (Å²) in [7, 11) is 0. The highest BCUT2D eigenvalue weighted by molar-refractivity contribution is 6.40. The van der Waals surface area contributed by atoms with Crippen molar-refractivity contribution in [1.29, 1.82) is 0 Å². The van der Waals surface area contributed by atoms with E-state index in [0.29, 0.717) is 11.1 Å². The summed E-state index contributed by atoms with van der Waals surface area (Å²) in [6, 6.07) is 14.1. The smallest absolute Gasteiger partial charge is 0.259 e. The lowest BCUT2D eigenvalue weighted by molar-refractivity contribution is 0.102. The Morgan fingerprint density at radius 3 is 2.48 bits per heavy atom. The van der Waals surface area contributed by atoms with Gasteiger partial charge in [0.05, 0.1) is 27.7 Å². The van der Waals surface area contributed by atoms with Gasteiger partial charge in [-0.05, 0) is 24.3 Å². The number of pyridine rings is 1. The van der Waals surface area contributed by atoms with Crippen LogP contribution in [0.4, 0.5) is 5.82 Å². The maximum absolute atomic E-state index is 12.5. The summed E-state index contributed by atoms with van der Waals surface area (Å²) in [6.45, 7) is -0.246. The number of hydrogen-bond acceptors (Lipinski definition) is 3. The van der Waals surface area contributed by atoms with Gasteiger partial charge in [-0.2, -0.15) is 0 Å². The van der Waals surface area contributed by atoms with E-state index in [2.05, 4.69) is 10.3 Å². The van der Waals surface area contributed by atoms with Crippen LogP contribution in [0.2, 0.25) is 10.0 Å². The van der Waals surface area contributed by atoms with Crippen LogP contribution in [0.5, 0.6) is 0 Å². The Morgan fingerprint density at radius 2 is 1.78 bits per heavy atom. The molecule has 1 amide bonds. The van der Waals surface area contributed by atoms with Crippen LogP contribution in [0.3, 0.4) is 0 Å². The highest BCUT2D eigenvalue weighted by Crippen LogP contribution is 2.26. The van der Waals surface area contributed by atoms with Crippen molar-refractivity contribution < 1.29 is 9.90 Å². The number of anilines is 1. The number of rotatable bonds is 3. The quantitative estimate of drug-likeness (QED) is 0.743. The predicted molar refractivity (Wildman–Crippen MR) is 92.1 cm³/mol. The Balaban J connectivity index is 2.02. The molecule has 0 spiro atoms. The summed E-state index contributed by atoms with van der Waals surface area (Å²) in [5.74, 6) is -0.190. The minimum absolute atomic E-state index is 0.176. The van der Waals surface area contributed by atoms with Crippen LogP contribution in [-0.2, 0) is 6.61 Å². The summed E-state index contributed by atoms with van der Waals surface area (Å²) in [5.41, 5.74) is 1.40. The van der Waals surface area contributed by atoms with Crippen LogP contribution >= 0.6 is 23.2 Å². The van der Waals surface area contributed by atoms with E-state index in [1.54, 1.807) is 24.3 Å². The number of aliphatic hydroxyl groups excluding tert-OH is 1. The van der Waals surface area contributed by atoms with E-state index in [1.165, 1.54) is 0 Å². The van der Waals surface area contributed by atoms with Gasteiger partial charge in [0, 0.05) is 10.9 Å². The van der Waals surface area contributed by atoms with Crippen molar-refractivity contribution in [2.75, 3.05) is 5.32 Å². The highest BCUT2D eigenvalue weighted by atomic mass is 35.5. The Kier molecular flexibility index (Phi) is 4.48. The minimum Gasteiger partial charge on any atom is -0.392 e. The molecule has 3 rings (SSSR count). The summed E-state index contributed by atoms with van der Waals surface area (Å²) in [4.78, 5) is 16.9. The molecule has 0 saturated carbocycles. The van der Waals surface area contributed by atoms with Crippen molar-refractivity contribution >= 4 is 45.8 Å². The first-order chi connectivity index (χ1) is 11.1.